The Balaban J connectivity index is 1.54. The molecule has 4 rings (SSSR count). The van der Waals surface area contributed by atoms with Gasteiger partial charge in [0.25, 0.3) is 5.69 Å². The van der Waals surface area contributed by atoms with Crippen LogP contribution >= 0.6 is 0 Å². The summed E-state index contributed by atoms with van der Waals surface area (Å²) in [4.78, 5) is 22.9. The van der Waals surface area contributed by atoms with Crippen molar-refractivity contribution in [3.8, 4) is 5.69 Å². The van der Waals surface area contributed by atoms with Gasteiger partial charge in [0.15, 0.2) is 0 Å². The van der Waals surface area contributed by atoms with Crippen LogP contribution in [-0.4, -0.2) is 21.6 Å². The van der Waals surface area contributed by atoms with Crippen molar-refractivity contribution >= 4 is 28.6 Å². The van der Waals surface area contributed by atoms with Crippen molar-refractivity contribution in [1.82, 2.24) is 9.99 Å². The molecule has 0 bridgehead atoms. The second-order valence-electron chi connectivity index (χ2n) is 7.52. The number of nitrogens with one attached hydrogen (secondary N) is 1. The van der Waals surface area contributed by atoms with Gasteiger partial charge in [-0.1, -0.05) is 54.6 Å². The summed E-state index contributed by atoms with van der Waals surface area (Å²) in [7, 11) is 0. The van der Waals surface area contributed by atoms with E-state index < -0.39 is 10.8 Å². The fourth-order valence-electron chi connectivity index (χ4n) is 3.92. The van der Waals surface area contributed by atoms with E-state index in [2.05, 4.69) is 39.4 Å². The van der Waals surface area contributed by atoms with Crippen molar-refractivity contribution in [2.75, 3.05) is 0 Å². The molecule has 0 aliphatic heterocycles. The van der Waals surface area contributed by atoms with Crippen LogP contribution in [-0.2, 0) is 11.2 Å². The normalized spacial score (nSPS) is 11.2. The Morgan fingerprint density at radius 2 is 1.78 bits per heavy atom. The Kier molecular flexibility index (Phi) is 5.81. The summed E-state index contributed by atoms with van der Waals surface area (Å²) in [5, 5.41) is 17.5. The highest BCUT2D eigenvalue weighted by Gasteiger charge is 2.15. The molecule has 160 valence electrons. The molecule has 0 saturated carbocycles. The molecule has 0 saturated heterocycles. The van der Waals surface area contributed by atoms with E-state index in [1.165, 1.54) is 6.07 Å². The predicted octanol–water partition coefficient (Wildman–Crippen LogP) is 4.85. The maximum absolute atomic E-state index is 12.2. The van der Waals surface area contributed by atoms with E-state index in [1.807, 2.05) is 38.1 Å². The maximum atomic E-state index is 12.2. The number of carbonyl (C=O) groups excluding carboxylic acids is 1. The van der Waals surface area contributed by atoms with Crippen molar-refractivity contribution in [3.63, 3.8) is 0 Å². The summed E-state index contributed by atoms with van der Waals surface area (Å²) < 4.78 is 2.17. The monoisotopic (exact) mass is 426 g/mol. The molecule has 0 spiro atoms. The van der Waals surface area contributed by atoms with Gasteiger partial charge in [0.1, 0.15) is 0 Å². The second-order valence-corrected chi connectivity index (χ2v) is 7.52. The highest BCUT2D eigenvalue weighted by atomic mass is 16.6. The van der Waals surface area contributed by atoms with Crippen molar-refractivity contribution < 1.29 is 9.72 Å². The number of hydrogen-bond donors (Lipinski definition) is 1. The Labute approximate surface area is 185 Å². The van der Waals surface area contributed by atoms with Gasteiger partial charge in [-0.25, -0.2) is 5.43 Å². The predicted molar refractivity (Wildman–Crippen MR) is 125 cm³/mol. The lowest BCUT2D eigenvalue weighted by Gasteiger charge is -2.12. The Morgan fingerprint density at radius 3 is 2.59 bits per heavy atom. The van der Waals surface area contributed by atoms with Crippen molar-refractivity contribution in [2.24, 2.45) is 5.10 Å². The Hall–Kier alpha value is -4.26. The number of aromatic nitrogens is 1. The number of para-hydroxylation sites is 1. The molecule has 7 nitrogen and oxygen atoms in total. The number of fused-ring (bicyclic) bond motifs is 1. The number of hydrogen-bond acceptors (Lipinski definition) is 4. The lowest BCUT2D eigenvalue weighted by atomic mass is 10.1. The standard InChI is InChI=1S/C25H22N4O3/c1-17-14-21(16-26-27-25(30)15-20-9-4-6-12-23(20)29(31)32)18(2)28(17)24-13-7-10-19-8-3-5-11-22(19)24/h3-14,16H,15H2,1-2H3,(H,27,30)/b26-16+. The molecule has 0 aliphatic carbocycles. The van der Waals surface area contributed by atoms with Gasteiger partial charge < -0.3 is 4.57 Å². The lowest BCUT2D eigenvalue weighted by Crippen LogP contribution is -2.20. The summed E-state index contributed by atoms with van der Waals surface area (Å²) in [5.41, 5.74) is 6.74. The fourth-order valence-corrected chi connectivity index (χ4v) is 3.92. The average Bonchev–Trinajstić information content (AvgIpc) is 3.06. The van der Waals surface area contributed by atoms with E-state index in [-0.39, 0.29) is 12.1 Å². The highest BCUT2D eigenvalue weighted by molar-refractivity contribution is 5.91. The molecule has 0 unspecified atom stereocenters. The molecule has 3 aromatic carbocycles. The van der Waals surface area contributed by atoms with E-state index >= 15 is 0 Å². The molecule has 0 atom stereocenters. The number of hydrazone groups is 1. The van der Waals surface area contributed by atoms with Crippen LogP contribution in [0.2, 0.25) is 0 Å². The number of rotatable bonds is 6. The van der Waals surface area contributed by atoms with Gasteiger partial charge in [0.05, 0.1) is 23.2 Å². The van der Waals surface area contributed by atoms with Crippen molar-refractivity contribution in [1.29, 1.82) is 0 Å². The third kappa shape index (κ3) is 4.13. The van der Waals surface area contributed by atoms with Gasteiger partial charge in [-0.2, -0.15) is 5.10 Å². The van der Waals surface area contributed by atoms with Crippen LogP contribution in [0.25, 0.3) is 16.5 Å². The summed E-state index contributed by atoms with van der Waals surface area (Å²) in [6, 6.07) is 22.6. The van der Waals surface area contributed by atoms with E-state index in [0.717, 1.165) is 33.4 Å². The Morgan fingerprint density at radius 1 is 1.06 bits per heavy atom. The molecule has 0 fully saturated rings. The van der Waals surface area contributed by atoms with Crippen LogP contribution in [0.1, 0.15) is 22.5 Å². The number of nitro benzene ring substituents is 1. The van der Waals surface area contributed by atoms with Crippen LogP contribution in [0.15, 0.2) is 77.9 Å². The minimum Gasteiger partial charge on any atom is -0.317 e. The van der Waals surface area contributed by atoms with Gasteiger partial charge in [-0.3, -0.25) is 14.9 Å². The van der Waals surface area contributed by atoms with Gasteiger partial charge in [-0.15, -0.1) is 0 Å². The molecule has 1 N–H and O–H groups in total. The topological polar surface area (TPSA) is 89.5 Å². The molecular weight excluding hydrogens is 404 g/mol. The van der Waals surface area contributed by atoms with Crippen LogP contribution in [0.3, 0.4) is 0 Å². The molecule has 4 aromatic rings. The van der Waals surface area contributed by atoms with E-state index in [0.29, 0.717) is 5.56 Å². The minimum absolute atomic E-state index is 0.0785. The van der Waals surface area contributed by atoms with E-state index in [4.69, 9.17) is 0 Å². The largest absolute Gasteiger partial charge is 0.317 e. The quantitative estimate of drug-likeness (QED) is 0.272. The van der Waals surface area contributed by atoms with E-state index in [9.17, 15) is 14.9 Å². The Bertz CT molecular complexity index is 1350. The lowest BCUT2D eigenvalue weighted by molar-refractivity contribution is -0.385. The third-order valence-electron chi connectivity index (χ3n) is 5.41. The fraction of sp³-hybridized carbons (Fsp3) is 0.120. The summed E-state index contributed by atoms with van der Waals surface area (Å²) in [6.45, 7) is 4.03. The summed E-state index contributed by atoms with van der Waals surface area (Å²) >= 11 is 0. The first-order valence-electron chi connectivity index (χ1n) is 10.2. The molecule has 7 heteroatoms. The first-order valence-corrected chi connectivity index (χ1v) is 10.2. The van der Waals surface area contributed by atoms with Crippen molar-refractivity contribution in [2.45, 2.75) is 20.3 Å². The van der Waals surface area contributed by atoms with E-state index in [1.54, 1.807) is 24.4 Å². The molecule has 0 aliphatic rings. The maximum Gasteiger partial charge on any atom is 0.273 e. The number of nitrogens with zero attached hydrogens (tertiary/aromatic N) is 3. The zero-order chi connectivity index (χ0) is 22.7. The molecular formula is C25H22N4O3. The van der Waals surface area contributed by atoms with Crippen LogP contribution in [0, 0.1) is 24.0 Å². The summed E-state index contributed by atoms with van der Waals surface area (Å²) in [5.74, 6) is -0.418. The number of benzene rings is 3. The second kappa shape index (κ2) is 8.85. The molecule has 32 heavy (non-hydrogen) atoms. The van der Waals surface area contributed by atoms with Gasteiger partial charge >= 0.3 is 0 Å². The average molecular weight is 426 g/mol. The number of carbonyl (C=O) groups is 1. The number of amides is 1. The first kappa shape index (κ1) is 21.0. The zero-order valence-electron chi connectivity index (χ0n) is 17.8. The smallest absolute Gasteiger partial charge is 0.273 e. The molecule has 1 amide bonds. The molecule has 1 aromatic heterocycles. The molecule has 1 heterocycles. The SMILES string of the molecule is Cc1cc(/C=N/NC(=O)Cc2ccccc2[N+](=O)[O-])c(C)n1-c1cccc2ccccc12. The van der Waals surface area contributed by atoms with Gasteiger partial charge in [-0.05, 0) is 31.4 Å². The first-order chi connectivity index (χ1) is 15.5. The summed E-state index contributed by atoms with van der Waals surface area (Å²) in [6.07, 6.45) is 1.48. The van der Waals surface area contributed by atoms with Gasteiger partial charge in [0, 0.05) is 34.0 Å². The third-order valence-corrected chi connectivity index (χ3v) is 5.41. The van der Waals surface area contributed by atoms with Crippen LogP contribution in [0.5, 0.6) is 0 Å². The molecule has 0 radical (unpaired) electrons. The number of aryl methyl sites for hydroxylation is 1. The highest BCUT2D eigenvalue weighted by Crippen LogP contribution is 2.27. The number of nitro groups is 1. The zero-order valence-corrected chi connectivity index (χ0v) is 17.8. The van der Waals surface area contributed by atoms with Crippen LogP contribution in [0.4, 0.5) is 5.69 Å². The minimum atomic E-state index is -0.492. The van der Waals surface area contributed by atoms with Crippen LogP contribution < -0.4 is 5.43 Å². The van der Waals surface area contributed by atoms with Crippen molar-refractivity contribution in [3.05, 3.63) is 105 Å². The van der Waals surface area contributed by atoms with Gasteiger partial charge in [0.2, 0.25) is 5.91 Å².